The van der Waals surface area contributed by atoms with E-state index in [1.165, 1.54) is 11.8 Å². The maximum Gasteiger partial charge on any atom is 0.323 e. The van der Waals surface area contributed by atoms with E-state index in [9.17, 15) is 4.79 Å². The van der Waals surface area contributed by atoms with Crippen LogP contribution in [-0.2, 0) is 4.74 Å². The van der Waals surface area contributed by atoms with Crippen molar-refractivity contribution in [1.82, 2.24) is 9.88 Å². The number of amides is 2. The van der Waals surface area contributed by atoms with Crippen molar-refractivity contribution in [3.05, 3.63) is 42.6 Å². The Balaban J connectivity index is 1.79. The summed E-state index contributed by atoms with van der Waals surface area (Å²) in [5.41, 5.74) is 0.959. The van der Waals surface area contributed by atoms with Crippen LogP contribution < -0.4 is 5.32 Å². The van der Waals surface area contributed by atoms with Gasteiger partial charge in [0.25, 0.3) is 0 Å². The van der Waals surface area contributed by atoms with Gasteiger partial charge < -0.3 is 9.64 Å². The number of pyridine rings is 1. The SMILES string of the molecule is C=C(SC(C)=N)c1ccc2cnc(NC(=O)N3CCOCC3)cc2c1. The molecule has 0 bridgehead atoms. The smallest absolute Gasteiger partial charge is 0.323 e. The summed E-state index contributed by atoms with van der Waals surface area (Å²) in [6.45, 7) is 8.06. The Morgan fingerprint density at radius 2 is 2.08 bits per heavy atom. The van der Waals surface area contributed by atoms with Crippen molar-refractivity contribution in [3.63, 3.8) is 0 Å². The van der Waals surface area contributed by atoms with E-state index in [1.807, 2.05) is 24.3 Å². The van der Waals surface area contributed by atoms with Crippen LogP contribution in [0, 0.1) is 5.41 Å². The van der Waals surface area contributed by atoms with Gasteiger partial charge in [-0.25, -0.2) is 9.78 Å². The minimum absolute atomic E-state index is 0.161. The lowest BCUT2D eigenvalue weighted by molar-refractivity contribution is 0.0564. The van der Waals surface area contributed by atoms with Crippen LogP contribution in [0.1, 0.15) is 12.5 Å². The highest BCUT2D eigenvalue weighted by atomic mass is 32.2. The average molecular weight is 356 g/mol. The monoisotopic (exact) mass is 356 g/mol. The van der Waals surface area contributed by atoms with Gasteiger partial charge in [0.2, 0.25) is 0 Å². The molecule has 130 valence electrons. The van der Waals surface area contributed by atoms with Crippen LogP contribution in [0.4, 0.5) is 10.6 Å². The Labute approximate surface area is 150 Å². The Morgan fingerprint density at radius 1 is 1.32 bits per heavy atom. The zero-order chi connectivity index (χ0) is 17.8. The largest absolute Gasteiger partial charge is 0.378 e. The molecule has 0 radical (unpaired) electrons. The summed E-state index contributed by atoms with van der Waals surface area (Å²) in [6, 6.07) is 7.63. The average Bonchev–Trinajstić information content (AvgIpc) is 2.61. The number of anilines is 1. The lowest BCUT2D eigenvalue weighted by atomic mass is 10.1. The number of carbonyl (C=O) groups is 1. The van der Waals surface area contributed by atoms with E-state index in [2.05, 4.69) is 16.9 Å². The molecule has 2 amide bonds. The first-order chi connectivity index (χ1) is 12.0. The van der Waals surface area contributed by atoms with Crippen molar-refractivity contribution in [1.29, 1.82) is 5.41 Å². The van der Waals surface area contributed by atoms with Crippen molar-refractivity contribution < 1.29 is 9.53 Å². The molecule has 3 rings (SSSR count). The highest BCUT2D eigenvalue weighted by molar-refractivity contribution is 8.21. The van der Waals surface area contributed by atoms with Gasteiger partial charge in [0.05, 0.1) is 18.3 Å². The van der Waals surface area contributed by atoms with Crippen LogP contribution in [0.3, 0.4) is 0 Å². The molecule has 1 saturated heterocycles. The number of urea groups is 1. The standard InChI is InChI=1S/C18H20N4O2S/c1-12(25-13(2)19)14-3-4-15-11-20-17(10-16(15)9-14)21-18(23)22-5-7-24-8-6-22/h3-4,9-11,19H,1,5-8H2,2H3,(H,20,21,23). The predicted molar refractivity (Wildman–Crippen MR) is 103 cm³/mol. The minimum Gasteiger partial charge on any atom is -0.378 e. The van der Waals surface area contributed by atoms with Crippen molar-refractivity contribution in [3.8, 4) is 0 Å². The highest BCUT2D eigenvalue weighted by Gasteiger charge is 2.17. The molecule has 25 heavy (non-hydrogen) atoms. The first kappa shape index (κ1) is 17.4. The van der Waals surface area contributed by atoms with E-state index in [0.717, 1.165) is 21.2 Å². The number of carbonyl (C=O) groups excluding carboxylic acids is 1. The fourth-order valence-corrected chi connectivity index (χ4v) is 3.20. The van der Waals surface area contributed by atoms with E-state index in [1.54, 1.807) is 18.0 Å². The third kappa shape index (κ3) is 4.37. The van der Waals surface area contributed by atoms with Crippen LogP contribution >= 0.6 is 11.8 Å². The summed E-state index contributed by atoms with van der Waals surface area (Å²) in [5, 5.41) is 12.9. The number of rotatable bonds is 3. The van der Waals surface area contributed by atoms with Gasteiger partial charge in [0.1, 0.15) is 5.82 Å². The third-order valence-electron chi connectivity index (χ3n) is 3.85. The number of fused-ring (bicyclic) bond motifs is 1. The predicted octanol–water partition coefficient (Wildman–Crippen LogP) is 3.80. The number of ether oxygens (including phenoxy) is 1. The van der Waals surface area contributed by atoms with Gasteiger partial charge in [-0.2, -0.15) is 0 Å². The summed E-state index contributed by atoms with van der Waals surface area (Å²) in [4.78, 5) is 19.1. The molecular formula is C18H20N4O2S. The Bertz CT molecular complexity index is 831. The fourth-order valence-electron chi connectivity index (χ4n) is 2.58. The number of nitrogens with zero attached hydrogens (tertiary/aromatic N) is 2. The maximum atomic E-state index is 12.3. The van der Waals surface area contributed by atoms with Gasteiger partial charge in [-0.15, -0.1) is 0 Å². The number of morpholine rings is 1. The molecular weight excluding hydrogens is 336 g/mol. The molecule has 0 atom stereocenters. The molecule has 1 aliphatic heterocycles. The highest BCUT2D eigenvalue weighted by Crippen LogP contribution is 2.29. The summed E-state index contributed by atoms with van der Waals surface area (Å²) in [6.07, 6.45) is 1.74. The zero-order valence-corrected chi connectivity index (χ0v) is 14.9. The van der Waals surface area contributed by atoms with E-state index in [4.69, 9.17) is 10.1 Å². The number of benzene rings is 1. The van der Waals surface area contributed by atoms with Crippen molar-refractivity contribution >= 4 is 44.3 Å². The summed E-state index contributed by atoms with van der Waals surface area (Å²) in [5.74, 6) is 0.516. The van der Waals surface area contributed by atoms with E-state index >= 15 is 0 Å². The molecule has 0 aliphatic carbocycles. The number of aromatic nitrogens is 1. The molecule has 2 N–H and O–H groups in total. The molecule has 1 aromatic heterocycles. The molecule has 1 fully saturated rings. The molecule has 0 spiro atoms. The summed E-state index contributed by atoms with van der Waals surface area (Å²) >= 11 is 1.33. The fraction of sp³-hybridized carbons (Fsp3) is 0.278. The van der Waals surface area contributed by atoms with Gasteiger partial charge >= 0.3 is 6.03 Å². The Kier molecular flexibility index (Phi) is 5.35. The number of hydrogen-bond donors (Lipinski definition) is 2. The summed E-state index contributed by atoms with van der Waals surface area (Å²) < 4.78 is 5.26. The normalized spacial score (nSPS) is 14.4. The van der Waals surface area contributed by atoms with Crippen LogP contribution in [0.2, 0.25) is 0 Å². The van der Waals surface area contributed by atoms with Crippen LogP contribution in [0.15, 0.2) is 37.0 Å². The first-order valence-electron chi connectivity index (χ1n) is 7.99. The van der Waals surface area contributed by atoms with Crippen LogP contribution in [0.5, 0.6) is 0 Å². The van der Waals surface area contributed by atoms with E-state index in [0.29, 0.717) is 37.2 Å². The van der Waals surface area contributed by atoms with Gasteiger partial charge in [-0.3, -0.25) is 10.7 Å². The van der Waals surface area contributed by atoms with E-state index in [-0.39, 0.29) is 6.03 Å². The molecule has 0 saturated carbocycles. The quantitative estimate of drug-likeness (QED) is 0.648. The van der Waals surface area contributed by atoms with Crippen LogP contribution in [-0.4, -0.2) is 47.3 Å². The van der Waals surface area contributed by atoms with Crippen molar-refractivity contribution in [2.75, 3.05) is 31.6 Å². The summed E-state index contributed by atoms with van der Waals surface area (Å²) in [7, 11) is 0. The Hall–Kier alpha value is -2.38. The van der Waals surface area contributed by atoms with Crippen molar-refractivity contribution in [2.45, 2.75) is 6.92 Å². The number of thioether (sulfide) groups is 1. The van der Waals surface area contributed by atoms with Gasteiger partial charge in [0.15, 0.2) is 0 Å². The van der Waals surface area contributed by atoms with Gasteiger partial charge in [-0.05, 0) is 30.0 Å². The third-order valence-corrected chi connectivity index (χ3v) is 4.64. The molecule has 2 aromatic rings. The van der Waals surface area contributed by atoms with Crippen molar-refractivity contribution in [2.24, 2.45) is 0 Å². The molecule has 0 unspecified atom stereocenters. The second kappa shape index (κ2) is 7.67. The van der Waals surface area contributed by atoms with Crippen LogP contribution in [0.25, 0.3) is 15.7 Å². The lowest BCUT2D eigenvalue weighted by Gasteiger charge is -2.26. The molecule has 7 heteroatoms. The zero-order valence-electron chi connectivity index (χ0n) is 14.0. The first-order valence-corrected chi connectivity index (χ1v) is 8.80. The topological polar surface area (TPSA) is 78.3 Å². The second-order valence-corrected chi connectivity index (χ2v) is 7.05. The van der Waals surface area contributed by atoms with E-state index < -0.39 is 0 Å². The van der Waals surface area contributed by atoms with Gasteiger partial charge in [0, 0.05) is 29.6 Å². The molecule has 1 aromatic carbocycles. The second-order valence-electron chi connectivity index (χ2n) is 5.74. The number of nitrogens with one attached hydrogen (secondary N) is 2. The molecule has 1 aliphatic rings. The van der Waals surface area contributed by atoms with Gasteiger partial charge in [-0.1, -0.05) is 30.5 Å². The maximum absolute atomic E-state index is 12.3. The lowest BCUT2D eigenvalue weighted by Crippen LogP contribution is -2.43. The Morgan fingerprint density at radius 3 is 2.80 bits per heavy atom. The minimum atomic E-state index is -0.161. The molecule has 2 heterocycles. The molecule has 6 nitrogen and oxygen atoms in total. The number of hydrogen-bond acceptors (Lipinski definition) is 5.